The van der Waals surface area contributed by atoms with E-state index >= 15 is 0 Å². The fourth-order valence-electron chi connectivity index (χ4n) is 9.32. The zero-order valence-electron chi connectivity index (χ0n) is 44.0. The second-order valence-electron chi connectivity index (χ2n) is 19.4. The van der Waals surface area contributed by atoms with Gasteiger partial charge in [0.05, 0.1) is 40.3 Å². The molecule has 7 aromatic carbocycles. The Bertz CT molecular complexity index is 3640. The van der Waals surface area contributed by atoms with E-state index in [-0.39, 0.29) is 40.6 Å². The summed E-state index contributed by atoms with van der Waals surface area (Å²) in [5.74, 6) is 2.63. The minimum atomic E-state index is -0.436. The summed E-state index contributed by atoms with van der Waals surface area (Å²) in [7, 11) is 0. The molecule has 3 heterocycles. The van der Waals surface area contributed by atoms with Gasteiger partial charge in [-0.3, -0.25) is 13.7 Å². The lowest BCUT2D eigenvalue weighted by atomic mass is 9.78. The lowest BCUT2D eigenvalue weighted by Gasteiger charge is -2.27. The number of nitrogens with zero attached hydrogens (tertiary/aromatic N) is 4. The predicted molar refractivity (Wildman–Crippen MR) is 274 cm³/mol. The maximum Gasteiger partial charge on any atom is 0.269 e. The van der Waals surface area contributed by atoms with Crippen molar-refractivity contribution < 1.29 is 16.2 Å². The van der Waals surface area contributed by atoms with Crippen LogP contribution in [0.4, 0.5) is 0 Å². The van der Waals surface area contributed by atoms with Crippen molar-refractivity contribution >= 4 is 32.8 Å². The van der Waals surface area contributed by atoms with E-state index < -0.39 is 6.04 Å². The van der Waals surface area contributed by atoms with E-state index in [1.807, 2.05) is 82.1 Å². The van der Waals surface area contributed by atoms with Gasteiger partial charge in [-0.2, -0.15) is 0 Å². The number of ether oxygens (including phenoxy) is 1. The Morgan fingerprint density at radius 3 is 2.00 bits per heavy atom. The van der Waals surface area contributed by atoms with Gasteiger partial charge in [-0.05, 0) is 117 Å². The summed E-state index contributed by atoms with van der Waals surface area (Å²) in [5.41, 5.74) is 10.8. The lowest BCUT2D eigenvalue weighted by Crippen LogP contribution is -2.31. The van der Waals surface area contributed by atoms with Gasteiger partial charge in [-0.15, -0.1) is 0 Å². The van der Waals surface area contributed by atoms with E-state index in [1.165, 1.54) is 5.56 Å². The molecular formula is C61H58N4O. The van der Waals surface area contributed by atoms with E-state index in [0.29, 0.717) is 28.7 Å². The fraction of sp³-hybridized carbons (Fsp3) is 0.213. The molecule has 0 aliphatic rings. The summed E-state index contributed by atoms with van der Waals surface area (Å²) in [6.07, 6.45) is 7.74. The molecule has 10 aromatic rings. The van der Waals surface area contributed by atoms with Crippen molar-refractivity contribution in [3.8, 4) is 50.9 Å². The highest BCUT2D eigenvalue weighted by Crippen LogP contribution is 2.40. The van der Waals surface area contributed by atoms with E-state index in [0.717, 1.165) is 79.4 Å². The Hall–Kier alpha value is -7.24. The Balaban J connectivity index is 1.14. The summed E-state index contributed by atoms with van der Waals surface area (Å²) in [6, 6.07) is 45.8. The van der Waals surface area contributed by atoms with Crippen LogP contribution in [0, 0.1) is 6.33 Å². The van der Waals surface area contributed by atoms with Crippen molar-refractivity contribution in [3.05, 3.63) is 199 Å². The zero-order valence-corrected chi connectivity index (χ0v) is 39.0. The maximum absolute atomic E-state index is 9.21. The smallest absolute Gasteiger partial charge is 0.269 e. The van der Waals surface area contributed by atoms with Crippen LogP contribution >= 0.6 is 0 Å². The maximum atomic E-state index is 9.21. The largest absolute Gasteiger partial charge is 0.458 e. The van der Waals surface area contributed by atoms with Gasteiger partial charge in [0.15, 0.2) is 0 Å². The molecule has 5 heteroatoms. The highest BCUT2D eigenvalue weighted by Gasteiger charge is 2.25. The van der Waals surface area contributed by atoms with Crippen molar-refractivity contribution in [2.24, 2.45) is 0 Å². The van der Waals surface area contributed by atoms with E-state index in [9.17, 15) is 2.74 Å². The molecule has 0 bridgehead atoms. The molecule has 0 fully saturated rings. The summed E-state index contributed by atoms with van der Waals surface area (Å²) in [5, 5.41) is 2.25. The Kier molecular flexibility index (Phi) is 9.51. The van der Waals surface area contributed by atoms with Crippen LogP contribution in [-0.2, 0) is 10.8 Å². The first-order valence-corrected chi connectivity index (χ1v) is 23.1. The summed E-state index contributed by atoms with van der Waals surface area (Å²) < 4.78 is 57.3. The molecule has 0 atom stereocenters. The molecule has 0 N–H and O–H groups in total. The molecule has 0 saturated carbocycles. The van der Waals surface area contributed by atoms with Gasteiger partial charge in [0.1, 0.15) is 17.3 Å². The highest BCUT2D eigenvalue weighted by atomic mass is 16.5. The molecule has 0 saturated heterocycles. The first kappa shape index (κ1) is 37.0. The summed E-state index contributed by atoms with van der Waals surface area (Å²) >= 11 is 0. The number of imidazole rings is 1. The van der Waals surface area contributed by atoms with Crippen LogP contribution in [0.2, 0.25) is 0 Å². The third kappa shape index (κ3) is 7.87. The number of hydrogen-bond acceptors (Lipinski definition) is 2. The number of hydrogen-bond donors (Lipinski definition) is 0. The lowest BCUT2D eigenvalue weighted by molar-refractivity contribution is -0.571. The average molecular weight is 868 g/mol. The van der Waals surface area contributed by atoms with E-state index in [2.05, 4.69) is 139 Å². The molecule has 66 heavy (non-hydrogen) atoms. The summed E-state index contributed by atoms with van der Waals surface area (Å²) in [6.45, 7) is 17.7. The molecule has 3 aromatic heterocycles. The normalized spacial score (nSPS) is 13.3. The first-order chi connectivity index (χ1) is 34.0. The number of fused-ring (bicyclic) bond motifs is 4. The van der Waals surface area contributed by atoms with Crippen LogP contribution in [0.15, 0.2) is 176 Å². The number of pyridine rings is 1. The Morgan fingerprint density at radius 2 is 1.27 bits per heavy atom. The number of para-hydroxylation sites is 4. The van der Waals surface area contributed by atoms with E-state index in [4.69, 9.17) is 13.8 Å². The standard InChI is InChI=1S/C61H58N4O/c1-9-41(10-2)43-32-33-62-58(36-43)65-54-27-15-14-24-52(54)53-31-30-49(39-57(53)65)66-48-23-18-22-47(38-48)63-40-64(56-29-17-16-28-55(56)63)59-50(42-20-12-11-13-21-42)25-19-26-51(59)44-34-45(60(3,4)5)37-46(35-44)61(6,7)8/h11-39,41H,9-10H2,1-8H3/i11D,12D,13D,20D,21D. The molecule has 10 rings (SSSR count). The quantitative estimate of drug-likeness (QED) is 0.101. The van der Waals surface area contributed by atoms with Gasteiger partial charge in [-0.1, -0.05) is 171 Å². The van der Waals surface area contributed by atoms with Gasteiger partial charge in [0.2, 0.25) is 0 Å². The molecule has 328 valence electrons. The van der Waals surface area contributed by atoms with Gasteiger partial charge < -0.3 is 4.74 Å². The van der Waals surface area contributed by atoms with Crippen LogP contribution in [0.1, 0.15) is 97.7 Å². The minimum Gasteiger partial charge on any atom is -0.458 e. The topological polar surface area (TPSA) is 35.9 Å². The van der Waals surface area contributed by atoms with Crippen molar-refractivity contribution in [2.75, 3.05) is 0 Å². The molecule has 0 aliphatic carbocycles. The Labute approximate surface area is 396 Å². The van der Waals surface area contributed by atoms with Crippen molar-refractivity contribution in [3.63, 3.8) is 0 Å². The number of benzene rings is 7. The monoisotopic (exact) mass is 867 g/mol. The molecule has 0 radical (unpaired) electrons. The third-order valence-electron chi connectivity index (χ3n) is 13.0. The molecular weight excluding hydrogens is 805 g/mol. The van der Waals surface area contributed by atoms with Crippen LogP contribution in [-0.4, -0.2) is 14.1 Å². The molecule has 0 spiro atoms. The minimum absolute atomic E-state index is 0.120. The van der Waals surface area contributed by atoms with Crippen LogP contribution in [0.3, 0.4) is 0 Å². The van der Waals surface area contributed by atoms with Crippen LogP contribution in [0.25, 0.3) is 72.3 Å². The molecule has 0 aliphatic heterocycles. The summed E-state index contributed by atoms with van der Waals surface area (Å²) in [4.78, 5) is 4.90. The van der Waals surface area contributed by atoms with Gasteiger partial charge >= 0.3 is 0 Å². The van der Waals surface area contributed by atoms with Crippen molar-refractivity contribution in [2.45, 2.75) is 85.0 Å². The second-order valence-corrected chi connectivity index (χ2v) is 19.4. The average Bonchev–Trinajstić information content (AvgIpc) is 3.91. The first-order valence-electron chi connectivity index (χ1n) is 25.6. The van der Waals surface area contributed by atoms with Crippen LogP contribution in [0.5, 0.6) is 11.5 Å². The molecule has 0 amide bonds. The SMILES string of the molecule is [2H]c1c([2H])c([2H])c(-c2cccc(-c3cc(C(C)(C)C)cc(C(C)(C)C)c3)c2-[n+]2[c-]n(-c3cccc(Oc4ccc5c6ccccc6n(-c6cc(C(CC)CC)ccn6)c5c4)c3)c3ccccc32)c([2H])c1[2H]. The van der Waals surface area contributed by atoms with Gasteiger partial charge in [0.25, 0.3) is 6.33 Å². The van der Waals surface area contributed by atoms with Gasteiger partial charge in [-0.25, -0.2) is 4.98 Å². The van der Waals surface area contributed by atoms with Crippen molar-refractivity contribution in [1.29, 1.82) is 0 Å². The third-order valence-corrected chi connectivity index (χ3v) is 13.0. The number of rotatable bonds is 10. The van der Waals surface area contributed by atoms with Gasteiger partial charge in [0, 0.05) is 23.0 Å². The molecule has 0 unspecified atom stereocenters. The van der Waals surface area contributed by atoms with Crippen molar-refractivity contribution in [1.82, 2.24) is 14.1 Å². The van der Waals surface area contributed by atoms with Crippen LogP contribution < -0.4 is 9.30 Å². The number of aromatic nitrogens is 4. The Morgan fingerprint density at radius 1 is 0.621 bits per heavy atom. The highest BCUT2D eigenvalue weighted by molar-refractivity contribution is 6.09. The molecule has 5 nitrogen and oxygen atoms in total. The zero-order chi connectivity index (χ0) is 50.1. The predicted octanol–water partition coefficient (Wildman–Crippen LogP) is 15.8. The fourth-order valence-corrected chi connectivity index (χ4v) is 9.32. The van der Waals surface area contributed by atoms with E-state index in [1.54, 1.807) is 0 Å². The second kappa shape index (κ2) is 17.0.